The molecule has 0 bridgehead atoms. The highest BCUT2D eigenvalue weighted by Crippen LogP contribution is 2.13. The van der Waals surface area contributed by atoms with E-state index in [0.717, 1.165) is 5.69 Å². The van der Waals surface area contributed by atoms with Crippen molar-refractivity contribution < 1.29 is 14.6 Å². The Kier molecular flexibility index (Phi) is 4.40. The van der Waals surface area contributed by atoms with Crippen LogP contribution in [0.4, 0.5) is 5.69 Å². The van der Waals surface area contributed by atoms with Crippen LogP contribution in [0.2, 0.25) is 0 Å². The van der Waals surface area contributed by atoms with Crippen molar-refractivity contribution in [1.82, 2.24) is 4.98 Å². The van der Waals surface area contributed by atoms with Gasteiger partial charge in [0, 0.05) is 30.9 Å². The summed E-state index contributed by atoms with van der Waals surface area (Å²) in [7, 11) is 1.55. The smallest absolute Gasteiger partial charge is 0.303 e. The fourth-order valence-electron chi connectivity index (χ4n) is 1.10. The largest absolute Gasteiger partial charge is 0.481 e. The molecule has 0 fully saturated rings. The van der Waals surface area contributed by atoms with E-state index in [9.17, 15) is 4.79 Å². The van der Waals surface area contributed by atoms with Crippen molar-refractivity contribution in [3.63, 3.8) is 0 Å². The third-order valence-electron chi connectivity index (χ3n) is 1.84. The Morgan fingerprint density at radius 2 is 2.47 bits per heavy atom. The van der Waals surface area contributed by atoms with Crippen LogP contribution >= 0.6 is 0 Å². The molecule has 0 radical (unpaired) electrons. The van der Waals surface area contributed by atoms with Crippen LogP contribution in [0.25, 0.3) is 0 Å². The van der Waals surface area contributed by atoms with E-state index in [1.807, 2.05) is 6.07 Å². The first-order valence-corrected chi connectivity index (χ1v) is 4.68. The first-order chi connectivity index (χ1) is 7.22. The van der Waals surface area contributed by atoms with Gasteiger partial charge in [-0.2, -0.15) is 0 Å². The molecule has 0 aliphatic heterocycles. The maximum atomic E-state index is 10.3. The van der Waals surface area contributed by atoms with Gasteiger partial charge >= 0.3 is 5.97 Å². The second-order valence-electron chi connectivity index (χ2n) is 3.01. The van der Waals surface area contributed by atoms with Crippen LogP contribution in [-0.2, 0) is 4.79 Å². The van der Waals surface area contributed by atoms with Gasteiger partial charge in [-0.1, -0.05) is 0 Å². The summed E-state index contributed by atoms with van der Waals surface area (Å²) in [4.78, 5) is 14.2. The molecule has 1 rings (SSSR count). The molecule has 0 amide bonds. The maximum absolute atomic E-state index is 10.3. The Morgan fingerprint density at radius 1 is 1.67 bits per heavy atom. The molecule has 0 unspecified atom stereocenters. The number of carboxylic acid groups (broad SMARTS) is 1. The highest BCUT2D eigenvalue weighted by Gasteiger charge is 1.98. The van der Waals surface area contributed by atoms with Crippen molar-refractivity contribution in [2.24, 2.45) is 0 Å². The minimum Gasteiger partial charge on any atom is -0.481 e. The van der Waals surface area contributed by atoms with E-state index in [-0.39, 0.29) is 6.42 Å². The standard InChI is InChI=1S/C10H14N2O3/c1-15-9-7-8(4-6-12-9)11-5-2-3-10(13)14/h4,6-7H,2-3,5H2,1H3,(H,11,12)(H,13,14). The molecular weight excluding hydrogens is 196 g/mol. The minimum atomic E-state index is -0.774. The molecule has 0 atom stereocenters. The number of carboxylic acids is 1. The van der Waals surface area contributed by atoms with E-state index in [2.05, 4.69) is 10.3 Å². The Morgan fingerprint density at radius 3 is 3.13 bits per heavy atom. The molecule has 1 heterocycles. The topological polar surface area (TPSA) is 71.5 Å². The molecule has 1 aromatic heterocycles. The van der Waals surface area contributed by atoms with Gasteiger partial charge in [0.2, 0.25) is 5.88 Å². The number of hydrogen-bond donors (Lipinski definition) is 2. The molecule has 0 aromatic carbocycles. The number of ether oxygens (including phenoxy) is 1. The van der Waals surface area contributed by atoms with Crippen molar-refractivity contribution >= 4 is 11.7 Å². The number of aliphatic carboxylic acids is 1. The summed E-state index contributed by atoms with van der Waals surface area (Å²) in [5.74, 6) is -0.234. The quantitative estimate of drug-likeness (QED) is 0.694. The van der Waals surface area contributed by atoms with Crippen LogP contribution < -0.4 is 10.1 Å². The van der Waals surface area contributed by atoms with E-state index >= 15 is 0 Å². The first kappa shape index (κ1) is 11.3. The monoisotopic (exact) mass is 210 g/mol. The van der Waals surface area contributed by atoms with Gasteiger partial charge in [-0.3, -0.25) is 4.79 Å². The molecule has 0 spiro atoms. The Balaban J connectivity index is 2.33. The number of carbonyl (C=O) groups is 1. The van der Waals surface area contributed by atoms with Crippen LogP contribution in [0.5, 0.6) is 5.88 Å². The second kappa shape index (κ2) is 5.85. The molecule has 15 heavy (non-hydrogen) atoms. The number of anilines is 1. The third kappa shape index (κ3) is 4.30. The van der Waals surface area contributed by atoms with Gasteiger partial charge in [0.05, 0.1) is 7.11 Å². The second-order valence-corrected chi connectivity index (χ2v) is 3.01. The van der Waals surface area contributed by atoms with Crippen LogP contribution in [0, 0.1) is 0 Å². The summed E-state index contributed by atoms with van der Waals surface area (Å²) in [6.45, 7) is 0.624. The highest BCUT2D eigenvalue weighted by atomic mass is 16.5. The Hall–Kier alpha value is -1.78. The minimum absolute atomic E-state index is 0.176. The molecule has 5 nitrogen and oxygen atoms in total. The zero-order valence-electron chi connectivity index (χ0n) is 8.56. The van der Waals surface area contributed by atoms with Gasteiger partial charge in [0.15, 0.2) is 0 Å². The zero-order valence-corrected chi connectivity index (χ0v) is 8.56. The maximum Gasteiger partial charge on any atom is 0.303 e. The van der Waals surface area contributed by atoms with Gasteiger partial charge in [-0.05, 0) is 12.5 Å². The fraction of sp³-hybridized carbons (Fsp3) is 0.400. The van der Waals surface area contributed by atoms with Crippen molar-refractivity contribution in [2.75, 3.05) is 19.0 Å². The lowest BCUT2D eigenvalue weighted by Gasteiger charge is -2.06. The molecule has 2 N–H and O–H groups in total. The summed E-state index contributed by atoms with van der Waals surface area (Å²) >= 11 is 0. The average Bonchev–Trinajstić information content (AvgIpc) is 2.24. The van der Waals surface area contributed by atoms with E-state index in [4.69, 9.17) is 9.84 Å². The van der Waals surface area contributed by atoms with Crippen molar-refractivity contribution in [3.8, 4) is 5.88 Å². The van der Waals surface area contributed by atoms with Crippen LogP contribution in [0.3, 0.4) is 0 Å². The number of hydrogen-bond acceptors (Lipinski definition) is 4. The predicted molar refractivity (Wildman–Crippen MR) is 56.1 cm³/mol. The van der Waals surface area contributed by atoms with E-state index in [1.54, 1.807) is 19.4 Å². The molecular formula is C10H14N2O3. The summed E-state index contributed by atoms with van der Waals surface area (Å²) in [5, 5.41) is 11.5. The van der Waals surface area contributed by atoms with Crippen molar-refractivity contribution in [3.05, 3.63) is 18.3 Å². The number of methoxy groups -OCH3 is 1. The average molecular weight is 210 g/mol. The normalized spacial score (nSPS) is 9.67. The molecule has 82 valence electrons. The van der Waals surface area contributed by atoms with Gasteiger partial charge in [-0.15, -0.1) is 0 Å². The molecule has 1 aromatic rings. The lowest BCUT2D eigenvalue weighted by Crippen LogP contribution is -2.05. The number of pyridine rings is 1. The molecule has 0 saturated carbocycles. The van der Waals surface area contributed by atoms with Crippen LogP contribution in [-0.4, -0.2) is 29.7 Å². The number of nitrogens with one attached hydrogen (secondary N) is 1. The number of aromatic nitrogens is 1. The first-order valence-electron chi connectivity index (χ1n) is 4.68. The number of rotatable bonds is 6. The summed E-state index contributed by atoms with van der Waals surface area (Å²) in [6.07, 6.45) is 2.41. The molecule has 0 saturated heterocycles. The fourth-order valence-corrected chi connectivity index (χ4v) is 1.10. The van der Waals surface area contributed by atoms with Crippen molar-refractivity contribution in [2.45, 2.75) is 12.8 Å². The van der Waals surface area contributed by atoms with E-state index in [1.165, 1.54) is 0 Å². The molecule has 0 aliphatic rings. The molecule has 0 aliphatic carbocycles. The van der Waals surface area contributed by atoms with Gasteiger partial charge in [-0.25, -0.2) is 4.98 Å². The third-order valence-corrected chi connectivity index (χ3v) is 1.84. The van der Waals surface area contributed by atoms with Gasteiger partial charge in [0.1, 0.15) is 0 Å². The predicted octanol–water partition coefficient (Wildman–Crippen LogP) is 1.37. The SMILES string of the molecule is COc1cc(NCCCC(=O)O)ccn1. The van der Waals surface area contributed by atoms with Crippen LogP contribution in [0.1, 0.15) is 12.8 Å². The summed E-state index contributed by atoms with van der Waals surface area (Å²) in [6, 6.07) is 3.57. The van der Waals surface area contributed by atoms with Gasteiger partial charge < -0.3 is 15.2 Å². The Bertz CT molecular complexity index is 328. The molecule has 5 heteroatoms. The van der Waals surface area contributed by atoms with E-state index < -0.39 is 5.97 Å². The lowest BCUT2D eigenvalue weighted by molar-refractivity contribution is -0.137. The zero-order chi connectivity index (χ0) is 11.1. The van der Waals surface area contributed by atoms with E-state index in [0.29, 0.717) is 18.8 Å². The Labute approximate surface area is 88.1 Å². The summed E-state index contributed by atoms with van der Waals surface area (Å²) in [5.41, 5.74) is 0.882. The highest BCUT2D eigenvalue weighted by molar-refractivity contribution is 5.66. The summed E-state index contributed by atoms with van der Waals surface area (Å²) < 4.78 is 4.95. The van der Waals surface area contributed by atoms with Crippen molar-refractivity contribution in [1.29, 1.82) is 0 Å². The van der Waals surface area contributed by atoms with Gasteiger partial charge in [0.25, 0.3) is 0 Å². The van der Waals surface area contributed by atoms with Crippen LogP contribution in [0.15, 0.2) is 18.3 Å². The lowest BCUT2D eigenvalue weighted by atomic mass is 10.3. The number of nitrogens with zero attached hydrogens (tertiary/aromatic N) is 1.